The molecule has 5 heteroatoms. The van der Waals surface area contributed by atoms with Crippen LogP contribution in [-0.2, 0) is 9.59 Å². The number of nitrogens with zero attached hydrogens (tertiary/aromatic N) is 1. The number of amides is 2. The van der Waals surface area contributed by atoms with Gasteiger partial charge in [-0.05, 0) is 25.8 Å². The van der Waals surface area contributed by atoms with E-state index in [1.165, 1.54) is 16.7 Å². The van der Waals surface area contributed by atoms with Crippen molar-refractivity contribution < 1.29 is 9.59 Å². The summed E-state index contributed by atoms with van der Waals surface area (Å²) < 4.78 is 0. The van der Waals surface area contributed by atoms with Gasteiger partial charge in [-0.25, -0.2) is 0 Å². The molecule has 14 heavy (non-hydrogen) atoms. The maximum absolute atomic E-state index is 11.5. The fraction of sp³-hybridized carbons (Fsp3) is 0.778. The molecule has 1 atom stereocenters. The normalized spacial score (nSPS) is 29.4. The van der Waals surface area contributed by atoms with Crippen LogP contribution >= 0.6 is 11.8 Å². The summed E-state index contributed by atoms with van der Waals surface area (Å²) in [5.74, 6) is 0.824. The van der Waals surface area contributed by atoms with Gasteiger partial charge in [-0.3, -0.25) is 19.8 Å². The van der Waals surface area contributed by atoms with Crippen molar-refractivity contribution >= 4 is 23.6 Å². The highest BCUT2D eigenvalue weighted by atomic mass is 32.2. The Morgan fingerprint density at radius 1 is 1.21 bits per heavy atom. The number of hydrogen-bond donors (Lipinski definition) is 1. The Kier molecular flexibility index (Phi) is 3.08. The summed E-state index contributed by atoms with van der Waals surface area (Å²) in [6, 6.07) is 0. The Hall–Kier alpha value is -0.550. The molecule has 0 aromatic heterocycles. The smallest absolute Gasteiger partial charge is 0.240 e. The van der Waals surface area contributed by atoms with Crippen molar-refractivity contribution in [1.29, 1.82) is 0 Å². The monoisotopic (exact) mass is 214 g/mol. The second kappa shape index (κ2) is 4.31. The molecule has 1 N–H and O–H groups in total. The molecule has 1 unspecified atom stereocenters. The Morgan fingerprint density at radius 3 is 2.50 bits per heavy atom. The molecular weight excluding hydrogens is 200 g/mol. The molecule has 2 heterocycles. The lowest BCUT2D eigenvalue weighted by molar-refractivity contribution is -0.146. The molecule has 0 bridgehead atoms. The first kappa shape index (κ1) is 9.98. The van der Waals surface area contributed by atoms with Gasteiger partial charge in [0.1, 0.15) is 0 Å². The lowest BCUT2D eigenvalue weighted by Gasteiger charge is -2.35. The van der Waals surface area contributed by atoms with E-state index in [1.54, 1.807) is 0 Å². The van der Waals surface area contributed by atoms with Crippen LogP contribution in [0.5, 0.6) is 0 Å². The van der Waals surface area contributed by atoms with Gasteiger partial charge < -0.3 is 0 Å². The van der Waals surface area contributed by atoms with E-state index in [4.69, 9.17) is 0 Å². The van der Waals surface area contributed by atoms with E-state index in [0.29, 0.717) is 11.5 Å². The third-order valence-electron chi connectivity index (χ3n) is 2.58. The van der Waals surface area contributed by atoms with E-state index < -0.39 is 0 Å². The van der Waals surface area contributed by atoms with E-state index >= 15 is 0 Å². The molecule has 2 aliphatic rings. The van der Waals surface area contributed by atoms with Gasteiger partial charge in [-0.1, -0.05) is 0 Å². The van der Waals surface area contributed by atoms with Crippen LogP contribution in [0.1, 0.15) is 19.3 Å². The summed E-state index contributed by atoms with van der Waals surface area (Å²) in [5, 5.41) is 3.22. The predicted octanol–water partition coefficient (Wildman–Crippen LogP) is 0.188. The number of piperidine rings is 1. The standard InChI is InChI=1S/C9H14N2O2S/c12-8-5-14-6-9(13)11(8)7-3-1-2-4-10-7/h7,10H,1-6H2. The number of imide groups is 1. The predicted molar refractivity (Wildman–Crippen MR) is 54.8 cm³/mol. The maximum atomic E-state index is 11.5. The minimum absolute atomic E-state index is 0.0364. The fourth-order valence-electron chi connectivity index (χ4n) is 1.91. The van der Waals surface area contributed by atoms with Crippen LogP contribution in [0.2, 0.25) is 0 Å². The number of hydrogen-bond acceptors (Lipinski definition) is 4. The lowest BCUT2D eigenvalue weighted by Crippen LogP contribution is -2.56. The van der Waals surface area contributed by atoms with E-state index in [-0.39, 0.29) is 18.0 Å². The van der Waals surface area contributed by atoms with Crippen LogP contribution in [0.25, 0.3) is 0 Å². The number of thioether (sulfide) groups is 1. The van der Waals surface area contributed by atoms with Crippen molar-refractivity contribution in [2.45, 2.75) is 25.4 Å². The molecule has 0 spiro atoms. The second-order valence-corrected chi connectivity index (χ2v) is 4.60. The van der Waals surface area contributed by atoms with Crippen LogP contribution in [0.15, 0.2) is 0 Å². The van der Waals surface area contributed by atoms with Gasteiger partial charge in [-0.2, -0.15) is 0 Å². The quantitative estimate of drug-likeness (QED) is 0.633. The third-order valence-corrected chi connectivity index (χ3v) is 3.49. The summed E-state index contributed by atoms with van der Waals surface area (Å²) in [6.45, 7) is 0.912. The zero-order valence-electron chi connectivity index (χ0n) is 7.99. The lowest BCUT2D eigenvalue weighted by atomic mass is 10.1. The summed E-state index contributed by atoms with van der Waals surface area (Å²) in [6.07, 6.45) is 3.11. The molecule has 2 amide bonds. The van der Waals surface area contributed by atoms with Crippen LogP contribution < -0.4 is 5.32 Å². The van der Waals surface area contributed by atoms with Gasteiger partial charge in [0.15, 0.2) is 0 Å². The molecule has 0 saturated carbocycles. The molecule has 2 rings (SSSR count). The third kappa shape index (κ3) is 1.93. The Morgan fingerprint density at radius 2 is 1.93 bits per heavy atom. The van der Waals surface area contributed by atoms with E-state index in [0.717, 1.165) is 25.8 Å². The molecule has 0 aliphatic carbocycles. The zero-order chi connectivity index (χ0) is 9.97. The van der Waals surface area contributed by atoms with Crippen LogP contribution in [0.3, 0.4) is 0 Å². The first-order chi connectivity index (χ1) is 6.79. The largest absolute Gasteiger partial charge is 0.297 e. The van der Waals surface area contributed by atoms with Gasteiger partial charge in [0.2, 0.25) is 11.8 Å². The Labute approximate surface area is 87.4 Å². The summed E-state index contributed by atoms with van der Waals surface area (Å²) >= 11 is 1.41. The number of rotatable bonds is 1. The number of carbonyl (C=O) groups excluding carboxylic acids is 2. The van der Waals surface area contributed by atoms with Crippen LogP contribution in [0.4, 0.5) is 0 Å². The number of carbonyl (C=O) groups is 2. The van der Waals surface area contributed by atoms with Gasteiger partial charge in [-0.15, -0.1) is 11.8 Å². The van der Waals surface area contributed by atoms with E-state index in [9.17, 15) is 9.59 Å². The van der Waals surface area contributed by atoms with Gasteiger partial charge >= 0.3 is 0 Å². The molecule has 0 aromatic rings. The molecule has 78 valence electrons. The van der Waals surface area contributed by atoms with Gasteiger partial charge in [0.25, 0.3) is 0 Å². The van der Waals surface area contributed by atoms with Crippen molar-refractivity contribution in [2.75, 3.05) is 18.1 Å². The molecule has 2 fully saturated rings. The Balaban J connectivity index is 2.05. The fourth-order valence-corrected chi connectivity index (χ4v) is 2.63. The first-order valence-corrected chi connectivity index (χ1v) is 6.10. The summed E-state index contributed by atoms with van der Waals surface area (Å²) in [4.78, 5) is 24.5. The van der Waals surface area contributed by atoms with Crippen molar-refractivity contribution in [1.82, 2.24) is 10.2 Å². The van der Waals surface area contributed by atoms with Crippen molar-refractivity contribution in [3.63, 3.8) is 0 Å². The van der Waals surface area contributed by atoms with E-state index in [1.807, 2.05) is 0 Å². The molecule has 4 nitrogen and oxygen atoms in total. The minimum atomic E-state index is -0.0374. The SMILES string of the molecule is O=C1CSCC(=O)N1C1CCCCN1. The second-order valence-electron chi connectivity index (χ2n) is 3.62. The first-order valence-electron chi connectivity index (χ1n) is 4.95. The average Bonchev–Trinajstić information content (AvgIpc) is 2.19. The van der Waals surface area contributed by atoms with Gasteiger partial charge in [0.05, 0.1) is 17.7 Å². The number of nitrogens with one attached hydrogen (secondary N) is 1. The molecule has 2 saturated heterocycles. The van der Waals surface area contributed by atoms with E-state index in [2.05, 4.69) is 5.32 Å². The van der Waals surface area contributed by atoms with Crippen LogP contribution in [-0.4, -0.2) is 40.9 Å². The molecule has 0 radical (unpaired) electrons. The molecule has 2 aliphatic heterocycles. The zero-order valence-corrected chi connectivity index (χ0v) is 8.81. The minimum Gasteiger partial charge on any atom is -0.297 e. The van der Waals surface area contributed by atoms with Crippen molar-refractivity contribution in [3.8, 4) is 0 Å². The topological polar surface area (TPSA) is 49.4 Å². The average molecular weight is 214 g/mol. The summed E-state index contributed by atoms with van der Waals surface area (Å²) in [5.41, 5.74) is 0. The van der Waals surface area contributed by atoms with Crippen molar-refractivity contribution in [3.05, 3.63) is 0 Å². The maximum Gasteiger partial charge on any atom is 0.240 e. The molecule has 0 aromatic carbocycles. The highest BCUT2D eigenvalue weighted by Gasteiger charge is 2.33. The Bertz CT molecular complexity index is 235. The van der Waals surface area contributed by atoms with Crippen LogP contribution in [0, 0.1) is 0 Å². The summed E-state index contributed by atoms with van der Waals surface area (Å²) in [7, 11) is 0. The van der Waals surface area contributed by atoms with Crippen molar-refractivity contribution in [2.24, 2.45) is 0 Å². The van der Waals surface area contributed by atoms with Gasteiger partial charge in [0, 0.05) is 0 Å². The molecular formula is C9H14N2O2S. The highest BCUT2D eigenvalue weighted by Crippen LogP contribution is 2.18. The highest BCUT2D eigenvalue weighted by molar-refractivity contribution is 8.00.